The molecule has 2 heteroatoms. The number of ketones is 1. The van der Waals surface area contributed by atoms with Crippen LogP contribution in [0.4, 0.5) is 0 Å². The molecule has 0 aromatic carbocycles. The van der Waals surface area contributed by atoms with Crippen LogP contribution in [0.2, 0.25) is 0 Å². The molecular weight excluding hydrogens is 252 g/mol. The minimum Gasteiger partial charge on any atom is -0.294 e. The van der Waals surface area contributed by atoms with Crippen molar-refractivity contribution in [1.82, 2.24) is 0 Å². The normalized spacial score (nSPS) is 26.1. The van der Waals surface area contributed by atoms with Crippen molar-refractivity contribution in [2.45, 2.75) is 26.7 Å². The summed E-state index contributed by atoms with van der Waals surface area (Å²) in [5.41, 5.74) is 1.97. The molecule has 0 radical (unpaired) electrons. The Hall–Kier alpha value is -0.630. The van der Waals surface area contributed by atoms with E-state index in [0.29, 0.717) is 6.42 Å². The molecule has 0 saturated heterocycles. The molecule has 0 aliphatic heterocycles. The van der Waals surface area contributed by atoms with E-state index in [1.54, 1.807) is 0 Å². The summed E-state index contributed by atoms with van der Waals surface area (Å²) < 4.78 is 0.891. The van der Waals surface area contributed by atoms with Crippen LogP contribution in [0.3, 0.4) is 0 Å². The Morgan fingerprint density at radius 1 is 1.60 bits per heavy atom. The number of carbonyl (C=O) groups excluding carboxylic acids is 1. The first kappa shape index (κ1) is 12.4. The number of allylic oxidation sites excluding steroid dienone is 4. The number of Topliss-reactive ketones (excluding diaryl/α,β-unsaturated/α-hetero) is 1. The number of hydrogen-bond acceptors (Lipinski definition) is 1. The maximum Gasteiger partial charge on any atom is 0.162 e. The zero-order valence-corrected chi connectivity index (χ0v) is 10.9. The number of carbonyl (C=O) groups is 1. The maximum absolute atomic E-state index is 12.0. The molecule has 0 unspecified atom stereocenters. The van der Waals surface area contributed by atoms with Gasteiger partial charge in [-0.25, -0.2) is 0 Å². The Bertz CT molecular complexity index is 338. The van der Waals surface area contributed by atoms with E-state index in [0.717, 1.165) is 22.0 Å². The highest BCUT2D eigenvalue weighted by molar-refractivity contribution is 9.11. The summed E-state index contributed by atoms with van der Waals surface area (Å²) in [6.45, 7) is 11.7. The van der Waals surface area contributed by atoms with Gasteiger partial charge in [0, 0.05) is 5.92 Å². The van der Waals surface area contributed by atoms with E-state index in [9.17, 15) is 4.79 Å². The van der Waals surface area contributed by atoms with Crippen LogP contribution < -0.4 is 0 Å². The first-order valence-electron chi connectivity index (χ1n) is 5.13. The molecule has 0 amide bonds. The smallest absolute Gasteiger partial charge is 0.162 e. The van der Waals surface area contributed by atoms with Crippen LogP contribution in [0.25, 0.3) is 0 Å². The van der Waals surface area contributed by atoms with Gasteiger partial charge in [-0.15, -0.1) is 0 Å². The fourth-order valence-electron chi connectivity index (χ4n) is 2.06. The number of hydrogen-bond donors (Lipinski definition) is 0. The molecule has 1 nitrogen and oxygen atoms in total. The highest BCUT2D eigenvalue weighted by Crippen LogP contribution is 2.35. The SMILES string of the molecule is C=C(Br)C[C@@H]1C(=O)C(C)=CC[C@@H]1C(=C)C. The molecule has 2 atom stereocenters. The summed E-state index contributed by atoms with van der Waals surface area (Å²) in [4.78, 5) is 12.0. The zero-order valence-electron chi connectivity index (χ0n) is 9.35. The van der Waals surface area contributed by atoms with Crippen LogP contribution in [-0.4, -0.2) is 5.78 Å². The minimum atomic E-state index is 0.0272. The van der Waals surface area contributed by atoms with Crippen molar-refractivity contribution in [3.05, 3.63) is 34.9 Å². The summed E-state index contributed by atoms with van der Waals surface area (Å²) >= 11 is 3.34. The quantitative estimate of drug-likeness (QED) is 0.707. The van der Waals surface area contributed by atoms with Crippen molar-refractivity contribution in [3.8, 4) is 0 Å². The van der Waals surface area contributed by atoms with Crippen LogP contribution in [0.5, 0.6) is 0 Å². The van der Waals surface area contributed by atoms with Gasteiger partial charge < -0.3 is 0 Å². The molecule has 0 aromatic rings. The third-order valence-corrected chi connectivity index (χ3v) is 3.29. The Morgan fingerprint density at radius 2 is 2.20 bits per heavy atom. The standard InChI is InChI=1S/C13H17BrO/c1-8(2)11-6-5-9(3)13(15)12(11)7-10(4)14/h5,11-12H,1,4,6-7H2,2-3H3/t11-,12+/m1/s1. The molecule has 15 heavy (non-hydrogen) atoms. The van der Waals surface area contributed by atoms with E-state index in [1.807, 2.05) is 19.9 Å². The molecule has 82 valence electrons. The van der Waals surface area contributed by atoms with Crippen molar-refractivity contribution in [2.75, 3.05) is 0 Å². The topological polar surface area (TPSA) is 17.1 Å². The minimum absolute atomic E-state index is 0.0272. The van der Waals surface area contributed by atoms with Crippen molar-refractivity contribution >= 4 is 21.7 Å². The van der Waals surface area contributed by atoms with E-state index in [4.69, 9.17) is 0 Å². The summed E-state index contributed by atoms with van der Waals surface area (Å²) in [5, 5.41) is 0. The zero-order chi connectivity index (χ0) is 11.6. The van der Waals surface area contributed by atoms with Gasteiger partial charge in [-0.1, -0.05) is 40.7 Å². The number of halogens is 1. The lowest BCUT2D eigenvalue weighted by molar-refractivity contribution is -0.120. The molecule has 0 spiro atoms. The Balaban J connectivity index is 2.94. The van der Waals surface area contributed by atoms with Crippen LogP contribution in [0, 0.1) is 11.8 Å². The largest absolute Gasteiger partial charge is 0.294 e. The van der Waals surface area contributed by atoms with Crippen LogP contribution >= 0.6 is 15.9 Å². The summed E-state index contributed by atoms with van der Waals surface area (Å²) in [6, 6.07) is 0. The van der Waals surface area contributed by atoms with Crippen LogP contribution in [0.15, 0.2) is 34.9 Å². The average molecular weight is 269 g/mol. The Morgan fingerprint density at radius 3 is 2.67 bits per heavy atom. The molecule has 1 rings (SSSR count). The molecule has 0 bridgehead atoms. The third-order valence-electron chi connectivity index (χ3n) is 2.96. The Labute approximate surface area is 100 Å². The van der Waals surface area contributed by atoms with E-state index >= 15 is 0 Å². The van der Waals surface area contributed by atoms with Gasteiger partial charge in [-0.2, -0.15) is 0 Å². The van der Waals surface area contributed by atoms with E-state index in [-0.39, 0.29) is 17.6 Å². The van der Waals surface area contributed by atoms with Crippen molar-refractivity contribution in [2.24, 2.45) is 11.8 Å². The lowest BCUT2D eigenvalue weighted by Crippen LogP contribution is -2.28. The van der Waals surface area contributed by atoms with E-state index < -0.39 is 0 Å². The van der Waals surface area contributed by atoms with Crippen molar-refractivity contribution in [3.63, 3.8) is 0 Å². The second kappa shape index (κ2) is 4.93. The summed E-state index contributed by atoms with van der Waals surface area (Å²) in [5.74, 6) is 0.546. The predicted molar refractivity (Wildman–Crippen MR) is 67.9 cm³/mol. The van der Waals surface area contributed by atoms with Gasteiger partial charge in [-0.05, 0) is 42.7 Å². The first-order chi connectivity index (χ1) is 6.93. The van der Waals surface area contributed by atoms with Crippen LogP contribution in [0.1, 0.15) is 26.7 Å². The lowest BCUT2D eigenvalue weighted by atomic mass is 9.74. The van der Waals surface area contributed by atoms with Gasteiger partial charge in [-0.3, -0.25) is 4.79 Å². The van der Waals surface area contributed by atoms with Gasteiger partial charge in [0.15, 0.2) is 5.78 Å². The molecule has 0 N–H and O–H groups in total. The highest BCUT2D eigenvalue weighted by atomic mass is 79.9. The lowest BCUT2D eigenvalue weighted by Gasteiger charge is -2.29. The fourth-order valence-corrected chi connectivity index (χ4v) is 2.41. The molecule has 0 saturated carbocycles. The number of rotatable bonds is 3. The molecular formula is C13H17BrO. The van der Waals surface area contributed by atoms with Gasteiger partial charge >= 0.3 is 0 Å². The molecule has 0 fully saturated rings. The molecule has 0 aromatic heterocycles. The van der Waals surface area contributed by atoms with Crippen LogP contribution in [-0.2, 0) is 4.79 Å². The summed E-state index contributed by atoms with van der Waals surface area (Å²) in [7, 11) is 0. The molecule has 1 aliphatic carbocycles. The van der Waals surface area contributed by atoms with Gasteiger partial charge in [0.05, 0.1) is 0 Å². The van der Waals surface area contributed by atoms with Gasteiger partial charge in [0.25, 0.3) is 0 Å². The van der Waals surface area contributed by atoms with E-state index in [2.05, 4.69) is 29.1 Å². The molecule has 0 heterocycles. The monoisotopic (exact) mass is 268 g/mol. The highest BCUT2D eigenvalue weighted by Gasteiger charge is 2.32. The second-order valence-corrected chi connectivity index (χ2v) is 5.39. The average Bonchev–Trinajstić information content (AvgIpc) is 2.12. The van der Waals surface area contributed by atoms with Crippen molar-refractivity contribution in [1.29, 1.82) is 0 Å². The first-order valence-corrected chi connectivity index (χ1v) is 5.92. The second-order valence-electron chi connectivity index (χ2n) is 4.27. The van der Waals surface area contributed by atoms with Gasteiger partial charge in [0.2, 0.25) is 0 Å². The summed E-state index contributed by atoms with van der Waals surface area (Å²) in [6.07, 6.45) is 3.66. The predicted octanol–water partition coefficient (Wildman–Crippen LogP) is 4.01. The molecule has 1 aliphatic rings. The maximum atomic E-state index is 12.0. The third kappa shape index (κ3) is 2.91. The van der Waals surface area contributed by atoms with Crippen molar-refractivity contribution < 1.29 is 4.79 Å². The fraction of sp³-hybridized carbons (Fsp3) is 0.462. The van der Waals surface area contributed by atoms with Gasteiger partial charge in [0.1, 0.15) is 0 Å². The van der Waals surface area contributed by atoms with E-state index in [1.165, 1.54) is 0 Å². The Kier molecular flexibility index (Phi) is 4.09.